The third-order valence-electron chi connectivity index (χ3n) is 11.7. The lowest BCUT2D eigenvalue weighted by atomic mass is 9.63. The molecule has 58 heavy (non-hydrogen) atoms. The van der Waals surface area contributed by atoms with E-state index in [1.54, 1.807) is 18.3 Å². The molecule has 0 unspecified atom stereocenters. The highest BCUT2D eigenvalue weighted by atomic mass is 32.2. The first-order valence-electron chi connectivity index (χ1n) is 19.3. The van der Waals surface area contributed by atoms with Gasteiger partial charge in [-0.25, -0.2) is 18.4 Å². The van der Waals surface area contributed by atoms with Crippen molar-refractivity contribution >= 4 is 9.84 Å². The minimum atomic E-state index is -3.84. The lowest BCUT2D eigenvalue weighted by Gasteiger charge is -2.42. The number of hydrogen-bond acceptors (Lipinski definition) is 5. The van der Waals surface area contributed by atoms with Gasteiger partial charge in [0, 0.05) is 29.1 Å². The Morgan fingerprint density at radius 3 is 1.55 bits per heavy atom. The molecule has 0 radical (unpaired) electrons. The van der Waals surface area contributed by atoms with Crippen LogP contribution in [0.15, 0.2) is 210 Å². The van der Waals surface area contributed by atoms with E-state index in [2.05, 4.69) is 114 Å². The van der Waals surface area contributed by atoms with Gasteiger partial charge in [0.1, 0.15) is 0 Å². The average molecular weight is 764 g/mol. The molecule has 3 heterocycles. The molecule has 11 rings (SSSR count). The Hall–Kier alpha value is -7.28. The first-order chi connectivity index (χ1) is 28.5. The summed E-state index contributed by atoms with van der Waals surface area (Å²) in [6.07, 6.45) is 3.64. The van der Waals surface area contributed by atoms with Crippen molar-refractivity contribution in [2.75, 3.05) is 0 Å². The van der Waals surface area contributed by atoms with E-state index in [1.807, 2.05) is 72.9 Å². The van der Waals surface area contributed by atoms with Crippen LogP contribution in [0.25, 0.3) is 67.3 Å². The predicted molar refractivity (Wildman–Crippen MR) is 230 cm³/mol. The summed E-state index contributed by atoms with van der Waals surface area (Å²) in [5.74, 6) is 0.605. The first kappa shape index (κ1) is 34.0. The Morgan fingerprint density at radius 2 is 0.897 bits per heavy atom. The minimum absolute atomic E-state index is 0.316. The summed E-state index contributed by atoms with van der Waals surface area (Å²) in [6, 6.07) is 63.1. The van der Waals surface area contributed by atoms with Gasteiger partial charge in [0.25, 0.3) is 0 Å². The van der Waals surface area contributed by atoms with E-state index in [4.69, 9.17) is 9.97 Å². The van der Waals surface area contributed by atoms with Crippen molar-refractivity contribution in [3.8, 4) is 67.3 Å². The molecule has 0 saturated heterocycles. The number of rotatable bonds is 4. The number of benzene rings is 7. The van der Waals surface area contributed by atoms with Gasteiger partial charge in [-0.1, -0.05) is 158 Å². The second-order valence-corrected chi connectivity index (χ2v) is 16.6. The van der Waals surface area contributed by atoms with Crippen molar-refractivity contribution in [1.82, 2.24) is 15.0 Å². The van der Waals surface area contributed by atoms with Gasteiger partial charge in [-0.15, -0.1) is 0 Å². The Bertz CT molecular complexity index is 3130. The van der Waals surface area contributed by atoms with Gasteiger partial charge in [-0.2, -0.15) is 0 Å². The van der Waals surface area contributed by atoms with Crippen molar-refractivity contribution in [2.24, 2.45) is 0 Å². The zero-order chi connectivity index (χ0) is 38.8. The molecule has 1 aliphatic carbocycles. The summed E-state index contributed by atoms with van der Waals surface area (Å²) in [4.78, 5) is 15.4. The number of pyridine rings is 1. The molecule has 0 saturated carbocycles. The Morgan fingerprint density at radius 1 is 0.379 bits per heavy atom. The highest BCUT2D eigenvalue weighted by Crippen LogP contribution is 2.59. The number of aromatic nitrogens is 3. The van der Waals surface area contributed by atoms with Crippen molar-refractivity contribution in [2.45, 2.75) is 15.2 Å². The second kappa shape index (κ2) is 13.2. The van der Waals surface area contributed by atoms with Crippen LogP contribution in [0, 0.1) is 0 Å². The molecule has 0 N–H and O–H groups in total. The number of hydrogen-bond donors (Lipinski definition) is 0. The maximum Gasteiger partial charge on any atom is 0.207 e. The molecule has 274 valence electrons. The monoisotopic (exact) mass is 763 g/mol. The van der Waals surface area contributed by atoms with Crippen LogP contribution >= 0.6 is 0 Å². The van der Waals surface area contributed by atoms with Crippen LogP contribution in [0.3, 0.4) is 0 Å². The van der Waals surface area contributed by atoms with Crippen molar-refractivity contribution in [1.29, 1.82) is 0 Å². The lowest BCUT2D eigenvalue weighted by molar-refractivity contribution is 0.579. The van der Waals surface area contributed by atoms with Gasteiger partial charge in [-0.05, 0) is 86.0 Å². The van der Waals surface area contributed by atoms with Crippen LogP contribution in [-0.4, -0.2) is 23.4 Å². The van der Waals surface area contributed by atoms with Crippen molar-refractivity contribution in [3.05, 3.63) is 223 Å². The Kier molecular flexibility index (Phi) is 7.71. The molecule has 1 aliphatic heterocycles. The van der Waals surface area contributed by atoms with E-state index in [9.17, 15) is 8.42 Å². The molecule has 9 aromatic rings. The van der Waals surface area contributed by atoms with Crippen LogP contribution in [0.2, 0.25) is 0 Å². The molecule has 0 amide bonds. The van der Waals surface area contributed by atoms with Gasteiger partial charge >= 0.3 is 0 Å². The fraction of sp³-hybridized carbons (Fsp3) is 0.0192. The molecule has 0 fully saturated rings. The van der Waals surface area contributed by atoms with Crippen LogP contribution in [0.5, 0.6) is 0 Å². The molecule has 1 spiro atoms. The highest BCUT2D eigenvalue weighted by Gasteiger charge is 2.51. The topological polar surface area (TPSA) is 72.8 Å². The van der Waals surface area contributed by atoms with Crippen LogP contribution in [-0.2, 0) is 15.3 Å². The molecular weight excluding hydrogens is 731 g/mol. The summed E-state index contributed by atoms with van der Waals surface area (Å²) in [6.45, 7) is 0. The van der Waals surface area contributed by atoms with Gasteiger partial charge in [0.2, 0.25) is 9.84 Å². The van der Waals surface area contributed by atoms with E-state index >= 15 is 0 Å². The van der Waals surface area contributed by atoms with E-state index in [-0.39, 0.29) is 0 Å². The Labute approximate surface area is 337 Å². The predicted octanol–water partition coefficient (Wildman–Crippen LogP) is 11.7. The van der Waals surface area contributed by atoms with Crippen molar-refractivity contribution in [3.63, 3.8) is 0 Å². The standard InChI is InChI=1S/C52H33N3O2S/c56-58(57)49-22-10-8-20-44(49)52(45-21-9-11-23-50(45)58)43-19-7-6-18-41(43)39-16-4-5-17-40(39)42-29-28-37(31-46(42)52)48-32-47(35-13-2-1-3-14-35)54-51(55-48)36-26-24-34(25-27-36)38-15-12-30-53-33-38/h1-33H. The maximum absolute atomic E-state index is 14.6. The summed E-state index contributed by atoms with van der Waals surface area (Å²) in [5, 5.41) is 0. The molecular formula is C52H33N3O2S. The lowest BCUT2D eigenvalue weighted by Crippen LogP contribution is -2.38. The zero-order valence-electron chi connectivity index (χ0n) is 31.1. The van der Waals surface area contributed by atoms with Crippen LogP contribution < -0.4 is 0 Å². The van der Waals surface area contributed by atoms with E-state index in [0.29, 0.717) is 15.6 Å². The summed E-state index contributed by atoms with van der Waals surface area (Å²) in [5.41, 5.74) is 13.2. The third kappa shape index (κ3) is 5.08. The molecule has 2 aliphatic rings. The Balaban J connectivity index is 1.21. The smallest absolute Gasteiger partial charge is 0.207 e. The van der Waals surface area contributed by atoms with Crippen LogP contribution in [0.1, 0.15) is 22.3 Å². The SMILES string of the molecule is O=S1(=O)c2ccccc2C2(c3ccccc3-c3ccccc3-c3ccc(-c4cc(-c5ccccc5)nc(-c5ccc(-c6cccnc6)cc5)n4)cc32)c2ccccc21. The largest absolute Gasteiger partial charge is 0.264 e. The molecule has 5 nitrogen and oxygen atoms in total. The summed E-state index contributed by atoms with van der Waals surface area (Å²) >= 11 is 0. The van der Waals surface area contributed by atoms with Gasteiger partial charge in [-0.3, -0.25) is 4.98 Å². The fourth-order valence-electron chi connectivity index (χ4n) is 9.08. The molecule has 6 heteroatoms. The van der Waals surface area contributed by atoms with Gasteiger partial charge in [0.15, 0.2) is 5.82 Å². The molecule has 2 aromatic heterocycles. The van der Waals surface area contributed by atoms with Crippen LogP contribution in [0.4, 0.5) is 0 Å². The number of nitrogens with zero attached hydrogens (tertiary/aromatic N) is 3. The first-order valence-corrected chi connectivity index (χ1v) is 20.7. The highest BCUT2D eigenvalue weighted by molar-refractivity contribution is 7.91. The summed E-state index contributed by atoms with van der Waals surface area (Å²) < 4.78 is 29.1. The van der Waals surface area contributed by atoms with E-state index < -0.39 is 15.3 Å². The second-order valence-electron chi connectivity index (χ2n) is 14.7. The zero-order valence-corrected chi connectivity index (χ0v) is 31.9. The number of fused-ring (bicyclic) bond motifs is 11. The quantitative estimate of drug-likeness (QED) is 0.178. The maximum atomic E-state index is 14.6. The fourth-order valence-corrected chi connectivity index (χ4v) is 10.9. The molecule has 0 bridgehead atoms. The van der Waals surface area contributed by atoms with Gasteiger partial charge < -0.3 is 0 Å². The van der Waals surface area contributed by atoms with Crippen molar-refractivity contribution < 1.29 is 8.42 Å². The molecule has 7 aromatic carbocycles. The number of sulfone groups is 1. The van der Waals surface area contributed by atoms with E-state index in [1.165, 1.54) is 0 Å². The minimum Gasteiger partial charge on any atom is -0.264 e. The normalized spacial score (nSPS) is 13.9. The van der Waals surface area contributed by atoms with E-state index in [0.717, 1.165) is 83.7 Å². The summed E-state index contributed by atoms with van der Waals surface area (Å²) in [7, 11) is -3.84. The molecule has 0 atom stereocenters. The van der Waals surface area contributed by atoms with Gasteiger partial charge in [0.05, 0.1) is 26.6 Å². The third-order valence-corrected chi connectivity index (χ3v) is 13.5. The average Bonchev–Trinajstić information content (AvgIpc) is 3.40.